The van der Waals surface area contributed by atoms with Gasteiger partial charge in [0.2, 0.25) is 5.91 Å². The second-order valence-corrected chi connectivity index (χ2v) is 6.25. The predicted molar refractivity (Wildman–Crippen MR) is 83.9 cm³/mol. The summed E-state index contributed by atoms with van der Waals surface area (Å²) in [5.74, 6) is 0.247. The SMILES string of the molecule is Cc1cn(CC(=O)NCC2CCN(C(C)C)C2)c(=O)[nH]c1=O. The Bertz CT molecular complexity index is 647. The quantitative estimate of drug-likeness (QED) is 0.781. The van der Waals surface area contributed by atoms with E-state index < -0.39 is 11.2 Å². The third-order valence-corrected chi connectivity index (χ3v) is 4.14. The van der Waals surface area contributed by atoms with Crippen LogP contribution in [0.3, 0.4) is 0 Å². The zero-order chi connectivity index (χ0) is 16.3. The molecule has 122 valence electrons. The van der Waals surface area contributed by atoms with Crippen molar-refractivity contribution in [3.63, 3.8) is 0 Å². The lowest BCUT2D eigenvalue weighted by Crippen LogP contribution is -2.38. The Labute approximate surface area is 129 Å². The van der Waals surface area contributed by atoms with Gasteiger partial charge in [-0.1, -0.05) is 0 Å². The van der Waals surface area contributed by atoms with Crippen molar-refractivity contribution in [3.8, 4) is 0 Å². The summed E-state index contributed by atoms with van der Waals surface area (Å²) in [5.41, 5.74) is -0.560. The maximum absolute atomic E-state index is 12.0. The number of aromatic nitrogens is 2. The van der Waals surface area contributed by atoms with E-state index in [0.717, 1.165) is 19.5 Å². The minimum absolute atomic E-state index is 0.0724. The number of aromatic amines is 1. The molecule has 1 aromatic rings. The minimum atomic E-state index is -0.558. The van der Waals surface area contributed by atoms with Gasteiger partial charge in [0.15, 0.2) is 0 Å². The highest BCUT2D eigenvalue weighted by Gasteiger charge is 2.24. The number of rotatable bonds is 5. The van der Waals surface area contributed by atoms with Gasteiger partial charge in [-0.25, -0.2) is 4.79 Å². The van der Waals surface area contributed by atoms with E-state index in [2.05, 4.69) is 29.0 Å². The number of carbonyl (C=O) groups is 1. The molecule has 0 aliphatic carbocycles. The smallest absolute Gasteiger partial charge is 0.328 e. The summed E-state index contributed by atoms with van der Waals surface area (Å²) in [6.07, 6.45) is 2.49. The average molecular weight is 308 g/mol. The first-order valence-corrected chi connectivity index (χ1v) is 7.68. The summed E-state index contributed by atoms with van der Waals surface area (Å²) in [4.78, 5) is 39.5. The van der Waals surface area contributed by atoms with Gasteiger partial charge in [0, 0.05) is 30.9 Å². The largest absolute Gasteiger partial charge is 0.354 e. The van der Waals surface area contributed by atoms with Crippen molar-refractivity contribution in [3.05, 3.63) is 32.6 Å². The zero-order valence-corrected chi connectivity index (χ0v) is 13.4. The molecule has 1 aliphatic rings. The Kier molecular flexibility index (Phi) is 5.18. The third-order valence-electron chi connectivity index (χ3n) is 4.14. The molecule has 2 heterocycles. The van der Waals surface area contributed by atoms with Crippen molar-refractivity contribution in [2.45, 2.75) is 39.8 Å². The fraction of sp³-hybridized carbons (Fsp3) is 0.667. The molecule has 1 fully saturated rings. The van der Waals surface area contributed by atoms with Crippen molar-refractivity contribution < 1.29 is 4.79 Å². The first-order valence-electron chi connectivity index (χ1n) is 7.68. The maximum atomic E-state index is 12.0. The molecule has 7 nitrogen and oxygen atoms in total. The summed E-state index contributed by atoms with van der Waals surface area (Å²) in [6, 6.07) is 0.531. The van der Waals surface area contributed by atoms with Crippen molar-refractivity contribution >= 4 is 5.91 Å². The van der Waals surface area contributed by atoms with Crippen molar-refractivity contribution in [1.29, 1.82) is 0 Å². The average Bonchev–Trinajstić information content (AvgIpc) is 2.91. The van der Waals surface area contributed by atoms with Crippen LogP contribution in [-0.4, -0.2) is 46.0 Å². The second kappa shape index (κ2) is 6.91. The molecule has 7 heteroatoms. The predicted octanol–water partition coefficient (Wildman–Crippen LogP) is -0.308. The summed E-state index contributed by atoms with van der Waals surface area (Å²) in [6.45, 7) is 8.56. The molecule has 0 spiro atoms. The third kappa shape index (κ3) is 4.07. The van der Waals surface area contributed by atoms with Crippen LogP contribution in [-0.2, 0) is 11.3 Å². The van der Waals surface area contributed by atoms with E-state index in [1.165, 1.54) is 10.8 Å². The summed E-state index contributed by atoms with van der Waals surface area (Å²) in [5, 5.41) is 2.88. The molecule has 22 heavy (non-hydrogen) atoms. The molecular weight excluding hydrogens is 284 g/mol. The lowest BCUT2D eigenvalue weighted by Gasteiger charge is -2.20. The molecule has 0 aromatic carbocycles. The topological polar surface area (TPSA) is 87.2 Å². The first-order chi connectivity index (χ1) is 10.4. The number of aryl methyl sites for hydroxylation is 1. The molecule has 2 N–H and O–H groups in total. The van der Waals surface area contributed by atoms with Crippen LogP contribution >= 0.6 is 0 Å². The van der Waals surface area contributed by atoms with Gasteiger partial charge in [0.05, 0.1) is 0 Å². The van der Waals surface area contributed by atoms with Crippen LogP contribution in [0.2, 0.25) is 0 Å². The Morgan fingerprint density at radius 2 is 2.18 bits per heavy atom. The van der Waals surface area contributed by atoms with Gasteiger partial charge < -0.3 is 10.2 Å². The standard InChI is InChI=1S/C15H24N4O3/c1-10(2)18-5-4-12(8-18)6-16-13(20)9-19-7-11(3)14(21)17-15(19)22/h7,10,12H,4-6,8-9H2,1-3H3,(H,16,20)(H,17,21,22). The zero-order valence-electron chi connectivity index (χ0n) is 13.4. The van der Waals surface area contributed by atoms with E-state index in [0.29, 0.717) is 24.1 Å². The molecule has 0 bridgehead atoms. The fourth-order valence-corrected chi connectivity index (χ4v) is 2.70. The van der Waals surface area contributed by atoms with Crippen molar-refractivity contribution in [2.24, 2.45) is 5.92 Å². The Morgan fingerprint density at radius 3 is 2.82 bits per heavy atom. The van der Waals surface area contributed by atoms with E-state index in [-0.39, 0.29) is 12.5 Å². The molecule has 0 saturated carbocycles. The molecular formula is C15H24N4O3. The van der Waals surface area contributed by atoms with Crippen LogP contribution in [0.4, 0.5) is 0 Å². The summed E-state index contributed by atoms with van der Waals surface area (Å²) >= 11 is 0. The molecule has 1 atom stereocenters. The highest BCUT2D eigenvalue weighted by molar-refractivity contribution is 5.75. The summed E-state index contributed by atoms with van der Waals surface area (Å²) in [7, 11) is 0. The number of likely N-dealkylation sites (tertiary alicyclic amines) is 1. The van der Waals surface area contributed by atoms with Gasteiger partial charge in [-0.05, 0) is 39.7 Å². The Balaban J connectivity index is 1.85. The molecule has 1 saturated heterocycles. The van der Waals surface area contributed by atoms with E-state index >= 15 is 0 Å². The minimum Gasteiger partial charge on any atom is -0.354 e. The number of amides is 1. The van der Waals surface area contributed by atoms with Gasteiger partial charge in [0.1, 0.15) is 6.54 Å². The van der Waals surface area contributed by atoms with Gasteiger partial charge in [0.25, 0.3) is 5.56 Å². The molecule has 2 rings (SSSR count). The number of nitrogens with one attached hydrogen (secondary N) is 2. The molecule has 1 unspecified atom stereocenters. The lowest BCUT2D eigenvalue weighted by molar-refractivity contribution is -0.121. The number of carbonyl (C=O) groups excluding carboxylic acids is 1. The second-order valence-electron chi connectivity index (χ2n) is 6.25. The van der Waals surface area contributed by atoms with Crippen LogP contribution in [0.5, 0.6) is 0 Å². The van der Waals surface area contributed by atoms with Crippen LogP contribution in [0, 0.1) is 12.8 Å². The Morgan fingerprint density at radius 1 is 1.45 bits per heavy atom. The van der Waals surface area contributed by atoms with Crippen LogP contribution in [0.25, 0.3) is 0 Å². The van der Waals surface area contributed by atoms with Crippen LogP contribution in [0.15, 0.2) is 15.8 Å². The van der Waals surface area contributed by atoms with Gasteiger partial charge in [-0.3, -0.25) is 19.1 Å². The highest BCUT2D eigenvalue weighted by Crippen LogP contribution is 2.17. The molecule has 1 aromatic heterocycles. The number of H-pyrrole nitrogens is 1. The fourth-order valence-electron chi connectivity index (χ4n) is 2.70. The first kappa shape index (κ1) is 16.5. The number of hydrogen-bond acceptors (Lipinski definition) is 4. The lowest BCUT2D eigenvalue weighted by atomic mass is 10.1. The van der Waals surface area contributed by atoms with Gasteiger partial charge >= 0.3 is 5.69 Å². The van der Waals surface area contributed by atoms with E-state index in [1.807, 2.05) is 0 Å². The normalized spacial score (nSPS) is 18.8. The van der Waals surface area contributed by atoms with E-state index in [4.69, 9.17) is 0 Å². The Hall–Kier alpha value is -1.89. The van der Waals surface area contributed by atoms with Crippen molar-refractivity contribution in [2.75, 3.05) is 19.6 Å². The number of hydrogen-bond donors (Lipinski definition) is 2. The monoisotopic (exact) mass is 308 g/mol. The molecule has 1 amide bonds. The van der Waals surface area contributed by atoms with Crippen molar-refractivity contribution in [1.82, 2.24) is 19.8 Å². The van der Waals surface area contributed by atoms with E-state index in [9.17, 15) is 14.4 Å². The molecule has 1 aliphatic heterocycles. The van der Waals surface area contributed by atoms with E-state index in [1.54, 1.807) is 6.92 Å². The van der Waals surface area contributed by atoms with Gasteiger partial charge in [-0.15, -0.1) is 0 Å². The van der Waals surface area contributed by atoms with Crippen LogP contribution < -0.4 is 16.6 Å². The maximum Gasteiger partial charge on any atom is 0.328 e. The molecule has 0 radical (unpaired) electrons. The number of nitrogens with zero attached hydrogens (tertiary/aromatic N) is 2. The van der Waals surface area contributed by atoms with Gasteiger partial charge in [-0.2, -0.15) is 0 Å². The highest BCUT2D eigenvalue weighted by atomic mass is 16.2. The summed E-state index contributed by atoms with van der Waals surface area (Å²) < 4.78 is 1.22. The van der Waals surface area contributed by atoms with Crippen LogP contribution in [0.1, 0.15) is 25.8 Å².